The highest BCUT2D eigenvalue weighted by Crippen LogP contribution is 2.24. The fourth-order valence-electron chi connectivity index (χ4n) is 3.54. The molecular formula is C25H31ClN4O. The number of aromatic hydroxyl groups is 1. The van der Waals surface area contributed by atoms with Crippen LogP contribution in [0.3, 0.4) is 0 Å². The average molecular weight is 439 g/mol. The van der Waals surface area contributed by atoms with E-state index in [0.717, 1.165) is 42.9 Å². The Labute approximate surface area is 190 Å². The Morgan fingerprint density at radius 3 is 2.68 bits per heavy atom. The standard InChI is InChI=1S/C25H31ClN4O/c1-4-30(16-18(2)3)17-20-6-5-7-21(14-20)23-11-13-28-25(29-23)27-12-10-19-8-9-24(31)22(26)15-19/h5-9,11,13-15,18,31H,4,10,12,16-17H2,1-3H3,(H,27,28,29). The molecule has 0 unspecified atom stereocenters. The number of benzene rings is 2. The summed E-state index contributed by atoms with van der Waals surface area (Å²) >= 11 is 5.98. The number of hydrogen-bond donors (Lipinski definition) is 2. The maximum atomic E-state index is 9.54. The zero-order valence-electron chi connectivity index (χ0n) is 18.5. The fourth-order valence-corrected chi connectivity index (χ4v) is 3.74. The van der Waals surface area contributed by atoms with Crippen molar-refractivity contribution < 1.29 is 5.11 Å². The zero-order valence-corrected chi connectivity index (χ0v) is 19.2. The van der Waals surface area contributed by atoms with Crippen molar-refractivity contribution in [3.63, 3.8) is 0 Å². The van der Waals surface area contributed by atoms with Crippen LogP contribution < -0.4 is 5.32 Å². The minimum absolute atomic E-state index is 0.0999. The number of rotatable bonds is 10. The first kappa shape index (κ1) is 23.0. The van der Waals surface area contributed by atoms with Crippen molar-refractivity contribution in [3.05, 3.63) is 70.9 Å². The minimum Gasteiger partial charge on any atom is -0.506 e. The zero-order chi connectivity index (χ0) is 22.2. The smallest absolute Gasteiger partial charge is 0.223 e. The van der Waals surface area contributed by atoms with Crippen molar-refractivity contribution in [2.45, 2.75) is 33.7 Å². The third-order valence-corrected chi connectivity index (χ3v) is 5.37. The molecule has 0 aliphatic heterocycles. The van der Waals surface area contributed by atoms with Gasteiger partial charge in [0.15, 0.2) is 0 Å². The van der Waals surface area contributed by atoms with Gasteiger partial charge in [0.1, 0.15) is 5.75 Å². The van der Waals surface area contributed by atoms with Crippen molar-refractivity contribution in [2.75, 3.05) is 25.0 Å². The fraction of sp³-hybridized carbons (Fsp3) is 0.360. The summed E-state index contributed by atoms with van der Waals surface area (Å²) in [5, 5.41) is 13.2. The van der Waals surface area contributed by atoms with Crippen LogP contribution in [0.25, 0.3) is 11.3 Å². The van der Waals surface area contributed by atoms with E-state index in [1.54, 1.807) is 18.3 Å². The number of anilines is 1. The number of phenols is 1. The number of halogens is 1. The molecule has 3 aromatic rings. The van der Waals surface area contributed by atoms with E-state index in [4.69, 9.17) is 16.6 Å². The largest absolute Gasteiger partial charge is 0.506 e. The first-order valence-electron chi connectivity index (χ1n) is 10.8. The quantitative estimate of drug-likeness (QED) is 0.429. The topological polar surface area (TPSA) is 61.3 Å². The lowest BCUT2D eigenvalue weighted by molar-refractivity contribution is 0.248. The van der Waals surface area contributed by atoms with Crippen molar-refractivity contribution >= 4 is 17.5 Å². The number of hydrogen-bond acceptors (Lipinski definition) is 5. The second-order valence-electron chi connectivity index (χ2n) is 8.15. The number of phenolic OH excluding ortho intramolecular Hbond substituents is 1. The highest BCUT2D eigenvalue weighted by Gasteiger charge is 2.08. The second kappa shape index (κ2) is 11.1. The summed E-state index contributed by atoms with van der Waals surface area (Å²) in [5.74, 6) is 1.35. The van der Waals surface area contributed by atoms with Gasteiger partial charge in [-0.3, -0.25) is 4.90 Å². The number of aromatic nitrogens is 2. The van der Waals surface area contributed by atoms with Crippen LogP contribution in [-0.4, -0.2) is 39.6 Å². The molecule has 0 bridgehead atoms. The van der Waals surface area contributed by atoms with Crippen LogP contribution in [0, 0.1) is 5.92 Å². The Bertz CT molecular complexity index is 993. The monoisotopic (exact) mass is 438 g/mol. The Morgan fingerprint density at radius 1 is 1.10 bits per heavy atom. The SMILES string of the molecule is CCN(Cc1cccc(-c2ccnc(NCCc3ccc(O)c(Cl)c3)n2)c1)CC(C)C. The summed E-state index contributed by atoms with van der Waals surface area (Å²) in [6.45, 7) is 10.5. The van der Waals surface area contributed by atoms with Gasteiger partial charge in [0.05, 0.1) is 10.7 Å². The van der Waals surface area contributed by atoms with Gasteiger partial charge < -0.3 is 10.4 Å². The molecule has 1 heterocycles. The molecule has 0 saturated carbocycles. The lowest BCUT2D eigenvalue weighted by Crippen LogP contribution is -2.27. The molecule has 0 saturated heterocycles. The van der Waals surface area contributed by atoms with Crippen LogP contribution in [0.15, 0.2) is 54.7 Å². The van der Waals surface area contributed by atoms with Gasteiger partial charge in [0.2, 0.25) is 5.95 Å². The summed E-state index contributed by atoms with van der Waals surface area (Å²) in [7, 11) is 0. The van der Waals surface area contributed by atoms with Crippen LogP contribution in [0.1, 0.15) is 31.9 Å². The van der Waals surface area contributed by atoms with Crippen LogP contribution in [-0.2, 0) is 13.0 Å². The normalized spacial score (nSPS) is 11.3. The predicted octanol–water partition coefficient (Wildman–Crippen LogP) is 5.64. The summed E-state index contributed by atoms with van der Waals surface area (Å²) in [4.78, 5) is 11.5. The number of nitrogens with one attached hydrogen (secondary N) is 1. The molecule has 0 aliphatic rings. The Kier molecular flexibility index (Phi) is 8.27. The van der Waals surface area contributed by atoms with Crippen molar-refractivity contribution in [1.82, 2.24) is 14.9 Å². The molecule has 2 aromatic carbocycles. The van der Waals surface area contributed by atoms with Crippen LogP contribution in [0.5, 0.6) is 5.75 Å². The van der Waals surface area contributed by atoms with Gasteiger partial charge in [-0.15, -0.1) is 0 Å². The Hall–Kier alpha value is -2.63. The molecule has 5 nitrogen and oxygen atoms in total. The maximum absolute atomic E-state index is 9.54. The van der Waals surface area contributed by atoms with Crippen molar-refractivity contribution in [3.8, 4) is 17.0 Å². The van der Waals surface area contributed by atoms with E-state index < -0.39 is 0 Å². The molecule has 0 aliphatic carbocycles. The molecule has 0 spiro atoms. The summed E-state index contributed by atoms with van der Waals surface area (Å²) in [6.07, 6.45) is 2.54. The molecule has 0 atom stereocenters. The van der Waals surface area contributed by atoms with E-state index in [2.05, 4.69) is 60.2 Å². The molecule has 2 N–H and O–H groups in total. The first-order chi connectivity index (χ1) is 14.9. The van der Waals surface area contributed by atoms with Crippen LogP contribution in [0.2, 0.25) is 5.02 Å². The molecule has 0 amide bonds. The molecule has 0 fully saturated rings. The number of nitrogens with zero attached hydrogens (tertiary/aromatic N) is 3. The predicted molar refractivity (Wildman–Crippen MR) is 129 cm³/mol. The lowest BCUT2D eigenvalue weighted by atomic mass is 10.1. The van der Waals surface area contributed by atoms with Crippen molar-refractivity contribution in [1.29, 1.82) is 0 Å². The van der Waals surface area contributed by atoms with Gasteiger partial charge in [-0.25, -0.2) is 9.97 Å². The Morgan fingerprint density at radius 2 is 1.94 bits per heavy atom. The van der Waals surface area contributed by atoms with Gasteiger partial charge in [-0.05, 0) is 54.3 Å². The maximum Gasteiger partial charge on any atom is 0.223 e. The summed E-state index contributed by atoms with van der Waals surface area (Å²) < 4.78 is 0. The van der Waals surface area contributed by atoms with Gasteiger partial charge in [-0.1, -0.05) is 56.6 Å². The van der Waals surface area contributed by atoms with Crippen LogP contribution in [0.4, 0.5) is 5.95 Å². The molecule has 3 rings (SSSR count). The third kappa shape index (κ3) is 6.94. The van der Waals surface area contributed by atoms with E-state index in [1.807, 2.05) is 12.1 Å². The Balaban J connectivity index is 1.64. The molecular weight excluding hydrogens is 408 g/mol. The molecule has 6 heteroatoms. The van der Waals surface area contributed by atoms with E-state index in [1.165, 1.54) is 5.56 Å². The van der Waals surface area contributed by atoms with Crippen molar-refractivity contribution in [2.24, 2.45) is 5.92 Å². The van der Waals surface area contributed by atoms with Gasteiger partial charge in [0, 0.05) is 31.4 Å². The third-order valence-electron chi connectivity index (χ3n) is 5.06. The molecule has 0 radical (unpaired) electrons. The molecule has 31 heavy (non-hydrogen) atoms. The molecule has 1 aromatic heterocycles. The van der Waals surface area contributed by atoms with E-state index in [9.17, 15) is 5.11 Å². The van der Waals surface area contributed by atoms with Gasteiger partial charge in [0.25, 0.3) is 0 Å². The van der Waals surface area contributed by atoms with E-state index in [-0.39, 0.29) is 5.75 Å². The van der Waals surface area contributed by atoms with Gasteiger partial charge in [-0.2, -0.15) is 0 Å². The average Bonchev–Trinajstić information content (AvgIpc) is 2.76. The minimum atomic E-state index is 0.0999. The van der Waals surface area contributed by atoms with E-state index in [0.29, 0.717) is 23.4 Å². The second-order valence-corrected chi connectivity index (χ2v) is 8.56. The highest BCUT2D eigenvalue weighted by molar-refractivity contribution is 6.32. The van der Waals surface area contributed by atoms with Crippen LogP contribution >= 0.6 is 11.6 Å². The molecule has 164 valence electrons. The summed E-state index contributed by atoms with van der Waals surface area (Å²) in [5.41, 5.74) is 4.33. The highest BCUT2D eigenvalue weighted by atomic mass is 35.5. The summed E-state index contributed by atoms with van der Waals surface area (Å²) in [6, 6.07) is 15.8. The van der Waals surface area contributed by atoms with E-state index >= 15 is 0 Å². The van der Waals surface area contributed by atoms with Gasteiger partial charge >= 0.3 is 0 Å². The first-order valence-corrected chi connectivity index (χ1v) is 11.2. The lowest BCUT2D eigenvalue weighted by Gasteiger charge is -2.22.